The fraction of sp³-hybridized carbons (Fsp3) is 0.357. The summed E-state index contributed by atoms with van der Waals surface area (Å²) >= 11 is 0. The van der Waals surface area contributed by atoms with Gasteiger partial charge in [0.2, 0.25) is 0 Å². The number of nitrogens with zero attached hydrogens (tertiary/aromatic N) is 2. The molecule has 0 fully saturated rings. The lowest BCUT2D eigenvalue weighted by Crippen LogP contribution is -2.11. The van der Waals surface area contributed by atoms with Crippen molar-refractivity contribution in [3.05, 3.63) is 47.8 Å². The highest BCUT2D eigenvalue weighted by Crippen LogP contribution is 2.12. The van der Waals surface area contributed by atoms with Gasteiger partial charge in [-0.2, -0.15) is 5.10 Å². The van der Waals surface area contributed by atoms with Crippen LogP contribution in [0.2, 0.25) is 0 Å². The first kappa shape index (κ1) is 13.8. The molecule has 19 heavy (non-hydrogen) atoms. The van der Waals surface area contributed by atoms with Gasteiger partial charge in [-0.25, -0.2) is 8.42 Å². The first-order chi connectivity index (χ1) is 8.99. The molecule has 102 valence electrons. The number of sulfone groups is 1. The minimum Gasteiger partial charge on any atom is -0.270 e. The zero-order chi connectivity index (χ0) is 13.9. The van der Waals surface area contributed by atoms with E-state index in [1.54, 1.807) is 24.3 Å². The number of aryl methyl sites for hydroxylation is 3. The van der Waals surface area contributed by atoms with Crippen molar-refractivity contribution in [3.63, 3.8) is 0 Å². The van der Waals surface area contributed by atoms with Crippen LogP contribution in [0, 0.1) is 13.8 Å². The smallest absolute Gasteiger partial charge is 0.178 e. The van der Waals surface area contributed by atoms with E-state index in [-0.39, 0.29) is 5.75 Å². The number of aromatic nitrogens is 2. The fourth-order valence-corrected chi connectivity index (χ4v) is 3.37. The van der Waals surface area contributed by atoms with E-state index >= 15 is 0 Å². The summed E-state index contributed by atoms with van der Waals surface area (Å²) in [6.07, 6.45) is 0.569. The van der Waals surface area contributed by atoms with Crippen LogP contribution < -0.4 is 0 Å². The Balaban J connectivity index is 1.98. The molecule has 0 aliphatic rings. The molecule has 4 nitrogen and oxygen atoms in total. The maximum absolute atomic E-state index is 12.1. The van der Waals surface area contributed by atoms with Crippen LogP contribution in [0.3, 0.4) is 0 Å². The fourth-order valence-electron chi connectivity index (χ4n) is 2.05. The zero-order valence-corrected chi connectivity index (χ0v) is 12.0. The number of hydrogen-bond acceptors (Lipinski definition) is 3. The second-order valence-electron chi connectivity index (χ2n) is 4.64. The van der Waals surface area contributed by atoms with E-state index in [1.807, 2.05) is 30.7 Å². The van der Waals surface area contributed by atoms with Gasteiger partial charge in [0.05, 0.1) is 16.3 Å². The average molecular weight is 278 g/mol. The van der Waals surface area contributed by atoms with Crippen LogP contribution in [0.1, 0.15) is 17.8 Å². The Morgan fingerprint density at radius 2 is 1.84 bits per heavy atom. The Morgan fingerprint density at radius 3 is 2.42 bits per heavy atom. The van der Waals surface area contributed by atoms with Crippen LogP contribution in [0.5, 0.6) is 0 Å². The second-order valence-corrected chi connectivity index (χ2v) is 6.74. The molecule has 5 heteroatoms. The van der Waals surface area contributed by atoms with Gasteiger partial charge in [-0.05, 0) is 38.5 Å². The monoisotopic (exact) mass is 278 g/mol. The number of benzene rings is 1. The maximum Gasteiger partial charge on any atom is 0.178 e. The molecule has 0 radical (unpaired) electrons. The van der Waals surface area contributed by atoms with E-state index in [1.165, 1.54) is 0 Å². The van der Waals surface area contributed by atoms with Gasteiger partial charge in [-0.3, -0.25) is 4.68 Å². The van der Waals surface area contributed by atoms with Crippen LogP contribution in [0.15, 0.2) is 41.3 Å². The van der Waals surface area contributed by atoms with E-state index in [0.717, 1.165) is 11.4 Å². The maximum atomic E-state index is 12.1. The molecule has 0 aliphatic heterocycles. The summed E-state index contributed by atoms with van der Waals surface area (Å²) in [5, 5.41) is 4.32. The van der Waals surface area contributed by atoms with Gasteiger partial charge in [0.25, 0.3) is 0 Å². The topological polar surface area (TPSA) is 52.0 Å². The van der Waals surface area contributed by atoms with Gasteiger partial charge < -0.3 is 0 Å². The van der Waals surface area contributed by atoms with Crippen molar-refractivity contribution in [1.29, 1.82) is 0 Å². The molecule has 0 N–H and O–H groups in total. The van der Waals surface area contributed by atoms with Crippen molar-refractivity contribution in [2.24, 2.45) is 0 Å². The average Bonchev–Trinajstić information content (AvgIpc) is 2.69. The van der Waals surface area contributed by atoms with Crippen molar-refractivity contribution in [3.8, 4) is 0 Å². The minimum absolute atomic E-state index is 0.148. The molecule has 0 unspecified atom stereocenters. The molecule has 0 amide bonds. The Kier molecular flexibility index (Phi) is 4.04. The Hall–Kier alpha value is -1.62. The molecule has 0 saturated carbocycles. The zero-order valence-electron chi connectivity index (χ0n) is 11.2. The van der Waals surface area contributed by atoms with Gasteiger partial charge in [-0.15, -0.1) is 0 Å². The summed E-state index contributed by atoms with van der Waals surface area (Å²) in [7, 11) is -3.18. The van der Waals surface area contributed by atoms with Crippen LogP contribution in [0.4, 0.5) is 0 Å². The molecule has 2 aromatic rings. The largest absolute Gasteiger partial charge is 0.270 e. The molecule has 2 rings (SSSR count). The summed E-state index contributed by atoms with van der Waals surface area (Å²) in [5.41, 5.74) is 2.03. The van der Waals surface area contributed by atoms with E-state index in [4.69, 9.17) is 0 Å². The quantitative estimate of drug-likeness (QED) is 0.843. The van der Waals surface area contributed by atoms with Crippen molar-refractivity contribution in [2.75, 3.05) is 5.75 Å². The third kappa shape index (κ3) is 3.44. The third-order valence-corrected chi connectivity index (χ3v) is 4.81. The van der Waals surface area contributed by atoms with Crippen LogP contribution in [-0.2, 0) is 16.4 Å². The summed E-state index contributed by atoms with van der Waals surface area (Å²) in [6, 6.07) is 10.6. The molecule has 0 aliphatic carbocycles. The number of rotatable bonds is 5. The second kappa shape index (κ2) is 5.57. The highest BCUT2D eigenvalue weighted by Gasteiger charge is 2.13. The molecule has 1 aromatic carbocycles. The van der Waals surface area contributed by atoms with E-state index in [2.05, 4.69) is 5.10 Å². The van der Waals surface area contributed by atoms with Crippen molar-refractivity contribution < 1.29 is 8.42 Å². The van der Waals surface area contributed by atoms with E-state index in [9.17, 15) is 8.42 Å². The van der Waals surface area contributed by atoms with Gasteiger partial charge in [0, 0.05) is 12.2 Å². The predicted octanol–water partition coefficient (Wildman–Crippen LogP) is 2.36. The van der Waals surface area contributed by atoms with Crippen molar-refractivity contribution in [1.82, 2.24) is 9.78 Å². The molecule has 0 saturated heterocycles. The van der Waals surface area contributed by atoms with E-state index < -0.39 is 9.84 Å². The highest BCUT2D eigenvalue weighted by atomic mass is 32.2. The predicted molar refractivity (Wildman–Crippen MR) is 74.8 cm³/mol. The van der Waals surface area contributed by atoms with Gasteiger partial charge >= 0.3 is 0 Å². The Labute approximate surface area is 114 Å². The highest BCUT2D eigenvalue weighted by molar-refractivity contribution is 7.91. The van der Waals surface area contributed by atoms with Gasteiger partial charge in [-0.1, -0.05) is 18.2 Å². The third-order valence-electron chi connectivity index (χ3n) is 2.99. The van der Waals surface area contributed by atoms with E-state index in [0.29, 0.717) is 17.9 Å². The summed E-state index contributed by atoms with van der Waals surface area (Å²) in [5.74, 6) is 0.148. The van der Waals surface area contributed by atoms with Crippen molar-refractivity contribution in [2.45, 2.75) is 31.7 Å². The molecule has 0 atom stereocenters. The molecular formula is C14H18N2O2S. The first-order valence-corrected chi connectivity index (χ1v) is 7.93. The van der Waals surface area contributed by atoms with Crippen LogP contribution in [0.25, 0.3) is 0 Å². The van der Waals surface area contributed by atoms with Crippen LogP contribution >= 0.6 is 0 Å². The van der Waals surface area contributed by atoms with Gasteiger partial charge in [0.15, 0.2) is 9.84 Å². The lowest BCUT2D eigenvalue weighted by Gasteiger charge is -2.06. The molecule has 1 heterocycles. The minimum atomic E-state index is -3.18. The summed E-state index contributed by atoms with van der Waals surface area (Å²) in [6.45, 7) is 4.54. The SMILES string of the molecule is Cc1cc(C)n(CCCS(=O)(=O)c2ccccc2)n1. The van der Waals surface area contributed by atoms with Crippen molar-refractivity contribution >= 4 is 9.84 Å². The number of hydrogen-bond donors (Lipinski definition) is 0. The molecule has 0 spiro atoms. The first-order valence-electron chi connectivity index (χ1n) is 6.28. The molecular weight excluding hydrogens is 260 g/mol. The lowest BCUT2D eigenvalue weighted by atomic mass is 10.4. The Bertz CT molecular complexity index is 645. The molecule has 1 aromatic heterocycles. The molecule has 0 bridgehead atoms. The lowest BCUT2D eigenvalue weighted by molar-refractivity contribution is 0.564. The summed E-state index contributed by atoms with van der Waals surface area (Å²) in [4.78, 5) is 0.392. The standard InChI is InChI=1S/C14H18N2O2S/c1-12-11-13(2)16(15-12)9-6-10-19(17,18)14-7-4-3-5-8-14/h3-5,7-8,11H,6,9-10H2,1-2H3. The Morgan fingerprint density at radius 1 is 1.16 bits per heavy atom. The van der Waals surface area contributed by atoms with Crippen LogP contribution in [-0.4, -0.2) is 24.0 Å². The normalized spacial score (nSPS) is 11.7. The summed E-state index contributed by atoms with van der Waals surface area (Å²) < 4.78 is 26.0. The van der Waals surface area contributed by atoms with Gasteiger partial charge in [0.1, 0.15) is 0 Å².